The van der Waals surface area contributed by atoms with Gasteiger partial charge >= 0.3 is 11.9 Å². The minimum absolute atomic E-state index is 0.00108. The molecule has 2 bridgehead atoms. The molecule has 10 heteroatoms. The maximum Gasteiger partial charge on any atom is 0.331 e. The molecule has 39 heavy (non-hydrogen) atoms. The van der Waals surface area contributed by atoms with E-state index in [1.165, 1.54) is 6.08 Å². The summed E-state index contributed by atoms with van der Waals surface area (Å²) < 4.78 is 36.8. The SMILES string of the molecule is CC1CC(=O)OC[C@]23CC[C@@]4(C)O[C@H]4[C@H]2O[C@@H]2C[C@@H](OC(=O)/C=C\C=C\[C@H]([C@H](C)O)OCC1O)[C@@]3(C)C21CO1. The number of aliphatic hydroxyl groups excluding tert-OH is 2. The van der Waals surface area contributed by atoms with Gasteiger partial charge in [0.1, 0.15) is 30.5 Å². The summed E-state index contributed by atoms with van der Waals surface area (Å²) >= 11 is 0. The zero-order valence-electron chi connectivity index (χ0n) is 23.0. The maximum atomic E-state index is 13.1. The molecule has 2 aliphatic carbocycles. The van der Waals surface area contributed by atoms with Crippen LogP contribution in [0.2, 0.25) is 0 Å². The number of esters is 2. The number of carbonyl (C=O) groups excluding carboxylic acids is 2. The number of ether oxygens (including phenoxy) is 6. The van der Waals surface area contributed by atoms with Gasteiger partial charge in [-0.15, -0.1) is 0 Å². The van der Waals surface area contributed by atoms with Crippen molar-refractivity contribution in [3.8, 4) is 0 Å². The first-order chi connectivity index (χ1) is 18.5. The molecule has 0 radical (unpaired) electrons. The Morgan fingerprint density at radius 3 is 2.56 bits per heavy atom. The first kappa shape index (κ1) is 27.4. The number of fused-ring (bicyclic) bond motifs is 2. The molecule has 0 aromatic carbocycles. The molecule has 6 aliphatic rings. The first-order valence-corrected chi connectivity index (χ1v) is 14.1. The first-order valence-electron chi connectivity index (χ1n) is 14.1. The predicted octanol–water partition coefficient (Wildman–Crippen LogP) is 1.60. The molecule has 10 nitrogen and oxygen atoms in total. The van der Waals surface area contributed by atoms with Crippen LogP contribution in [0.4, 0.5) is 0 Å². The van der Waals surface area contributed by atoms with Crippen molar-refractivity contribution < 1.29 is 48.2 Å². The average molecular weight is 549 g/mol. The molecule has 12 atom stereocenters. The van der Waals surface area contributed by atoms with Crippen LogP contribution < -0.4 is 0 Å². The van der Waals surface area contributed by atoms with Crippen LogP contribution in [-0.4, -0.2) is 95.9 Å². The van der Waals surface area contributed by atoms with Crippen molar-refractivity contribution in [2.24, 2.45) is 16.7 Å². The number of cyclic esters (lactones) is 1. The second-order valence-corrected chi connectivity index (χ2v) is 12.8. The Balaban J connectivity index is 1.35. The number of rotatable bonds is 1. The molecule has 6 rings (SSSR count). The summed E-state index contributed by atoms with van der Waals surface area (Å²) in [7, 11) is 0. The number of carbonyl (C=O) groups is 2. The molecule has 2 saturated carbocycles. The molecule has 2 N–H and O–H groups in total. The van der Waals surface area contributed by atoms with Crippen LogP contribution in [0.1, 0.15) is 53.4 Å². The lowest BCUT2D eigenvalue weighted by molar-refractivity contribution is -0.251. The van der Waals surface area contributed by atoms with Crippen LogP contribution in [0, 0.1) is 16.7 Å². The number of epoxide rings is 2. The molecule has 3 unspecified atom stereocenters. The molecular weight excluding hydrogens is 508 g/mol. The van der Waals surface area contributed by atoms with E-state index in [-0.39, 0.29) is 43.5 Å². The fourth-order valence-electron chi connectivity index (χ4n) is 7.73. The maximum absolute atomic E-state index is 13.1. The van der Waals surface area contributed by atoms with E-state index in [2.05, 4.69) is 13.8 Å². The van der Waals surface area contributed by atoms with E-state index in [4.69, 9.17) is 28.4 Å². The molecule has 3 saturated heterocycles. The Hall–Kier alpha value is -1.82. The fraction of sp³-hybridized carbons (Fsp3) is 0.793. The molecule has 0 aromatic heterocycles. The zero-order chi connectivity index (χ0) is 27.8. The topological polar surface area (TPSA) is 137 Å². The Kier molecular flexibility index (Phi) is 6.56. The molecule has 0 aromatic rings. The van der Waals surface area contributed by atoms with Gasteiger partial charge in [0, 0.05) is 17.9 Å². The van der Waals surface area contributed by atoms with Gasteiger partial charge < -0.3 is 38.6 Å². The summed E-state index contributed by atoms with van der Waals surface area (Å²) in [6.45, 7) is 8.04. The van der Waals surface area contributed by atoms with Crippen LogP contribution in [0.3, 0.4) is 0 Å². The molecule has 216 valence electrons. The van der Waals surface area contributed by atoms with Crippen LogP contribution in [0.15, 0.2) is 24.3 Å². The van der Waals surface area contributed by atoms with Gasteiger partial charge in [0.05, 0.1) is 55.1 Å². The molecule has 2 spiro atoms. The smallest absolute Gasteiger partial charge is 0.331 e. The van der Waals surface area contributed by atoms with E-state index in [0.29, 0.717) is 19.4 Å². The monoisotopic (exact) mass is 548 g/mol. The second-order valence-electron chi connectivity index (χ2n) is 12.8. The normalized spacial score (nSPS) is 53.7. The highest BCUT2D eigenvalue weighted by Crippen LogP contribution is 2.75. The minimum atomic E-state index is -0.934. The van der Waals surface area contributed by atoms with Crippen molar-refractivity contribution in [2.45, 2.75) is 107 Å². The average Bonchev–Trinajstić information content (AvgIpc) is 3.79. The summed E-state index contributed by atoms with van der Waals surface area (Å²) in [6, 6.07) is 0. The van der Waals surface area contributed by atoms with Crippen molar-refractivity contribution in [3.05, 3.63) is 24.3 Å². The summed E-state index contributed by atoms with van der Waals surface area (Å²) in [5.41, 5.74) is -2.22. The number of hydrogen-bond donors (Lipinski definition) is 2. The van der Waals surface area contributed by atoms with Gasteiger partial charge in [0.25, 0.3) is 0 Å². The standard InChI is InChI=1S/C29H40O10/c1-16-11-23(33)35-14-28-10-9-26(3)24(39-26)25(28)38-21-12-20(27(28,4)29(21)15-36-29)37-22(32)8-6-5-7-19(17(2)30)34-13-18(16)31/h5-8,16-21,24-25,30-31H,9-15H2,1-4H3/b7-5+,8-6-/t16?,17-,18?,19+,20+,21+,24-,25+,26+,27+,28+,29?/m0/s1. The van der Waals surface area contributed by atoms with E-state index in [1.54, 1.807) is 32.1 Å². The lowest BCUT2D eigenvalue weighted by Gasteiger charge is -2.58. The largest absolute Gasteiger partial charge is 0.465 e. The highest BCUT2D eigenvalue weighted by atomic mass is 16.7. The highest BCUT2D eigenvalue weighted by Gasteiger charge is 2.86. The van der Waals surface area contributed by atoms with Crippen molar-refractivity contribution in [3.63, 3.8) is 0 Å². The van der Waals surface area contributed by atoms with E-state index >= 15 is 0 Å². The summed E-state index contributed by atoms with van der Waals surface area (Å²) in [5, 5.41) is 20.7. The van der Waals surface area contributed by atoms with Crippen LogP contribution in [0.5, 0.6) is 0 Å². The molecule has 0 amide bonds. The summed E-state index contributed by atoms with van der Waals surface area (Å²) in [6.07, 6.45) is 4.37. The third-order valence-corrected chi connectivity index (χ3v) is 10.6. The number of aliphatic hydroxyl groups is 2. The van der Waals surface area contributed by atoms with Gasteiger partial charge in [-0.1, -0.05) is 32.1 Å². The molecular formula is C29H40O10. The van der Waals surface area contributed by atoms with Gasteiger partial charge in [-0.25, -0.2) is 4.79 Å². The molecule has 4 heterocycles. The van der Waals surface area contributed by atoms with E-state index in [9.17, 15) is 19.8 Å². The number of allylic oxidation sites excluding steroid dienone is 2. The Morgan fingerprint density at radius 1 is 1.08 bits per heavy atom. The lowest BCUT2D eigenvalue weighted by Crippen LogP contribution is -2.69. The van der Waals surface area contributed by atoms with Crippen molar-refractivity contribution >= 4 is 11.9 Å². The highest BCUT2D eigenvalue weighted by molar-refractivity contribution is 5.82. The Bertz CT molecular complexity index is 1070. The van der Waals surface area contributed by atoms with E-state index in [1.807, 2.05) is 0 Å². The fourth-order valence-corrected chi connectivity index (χ4v) is 7.73. The second kappa shape index (κ2) is 9.36. The van der Waals surface area contributed by atoms with Gasteiger partial charge in [-0.05, 0) is 32.6 Å². The van der Waals surface area contributed by atoms with Gasteiger partial charge in [0.2, 0.25) is 0 Å². The van der Waals surface area contributed by atoms with Crippen molar-refractivity contribution in [2.75, 3.05) is 19.8 Å². The summed E-state index contributed by atoms with van der Waals surface area (Å²) in [4.78, 5) is 26.1. The van der Waals surface area contributed by atoms with Gasteiger partial charge in [0.15, 0.2) is 0 Å². The predicted molar refractivity (Wildman–Crippen MR) is 135 cm³/mol. The quantitative estimate of drug-likeness (QED) is 0.367. The Labute approximate surface area is 228 Å². The van der Waals surface area contributed by atoms with E-state index in [0.717, 1.165) is 6.42 Å². The van der Waals surface area contributed by atoms with Gasteiger partial charge in [-0.2, -0.15) is 0 Å². The third-order valence-electron chi connectivity index (χ3n) is 10.6. The van der Waals surface area contributed by atoms with Crippen molar-refractivity contribution in [1.82, 2.24) is 0 Å². The molecule has 4 aliphatic heterocycles. The van der Waals surface area contributed by atoms with Crippen molar-refractivity contribution in [1.29, 1.82) is 0 Å². The van der Waals surface area contributed by atoms with Gasteiger partial charge in [-0.3, -0.25) is 4.79 Å². The number of hydrogen-bond acceptors (Lipinski definition) is 10. The van der Waals surface area contributed by atoms with Crippen LogP contribution >= 0.6 is 0 Å². The lowest BCUT2D eigenvalue weighted by atomic mass is 9.50. The van der Waals surface area contributed by atoms with Crippen LogP contribution in [-0.2, 0) is 38.0 Å². The third kappa shape index (κ3) is 4.13. The zero-order valence-corrected chi connectivity index (χ0v) is 23.0. The Morgan fingerprint density at radius 2 is 1.85 bits per heavy atom. The van der Waals surface area contributed by atoms with Crippen LogP contribution in [0.25, 0.3) is 0 Å². The molecule has 5 fully saturated rings. The summed E-state index contributed by atoms with van der Waals surface area (Å²) in [5.74, 6) is -1.36. The minimum Gasteiger partial charge on any atom is -0.465 e. The van der Waals surface area contributed by atoms with E-state index < -0.39 is 58.7 Å².